The van der Waals surface area contributed by atoms with Gasteiger partial charge in [-0.3, -0.25) is 9.78 Å². The van der Waals surface area contributed by atoms with Crippen LogP contribution in [0.3, 0.4) is 0 Å². The number of nitrogens with one attached hydrogen (secondary N) is 1. The van der Waals surface area contributed by atoms with Crippen molar-refractivity contribution in [3.8, 4) is 28.0 Å². The van der Waals surface area contributed by atoms with E-state index in [2.05, 4.69) is 31.7 Å². The number of nitrogens with zero attached hydrogens (tertiary/aromatic N) is 6. The van der Waals surface area contributed by atoms with Crippen LogP contribution in [0, 0.1) is 11.3 Å². The van der Waals surface area contributed by atoms with Crippen LogP contribution >= 0.6 is 11.3 Å². The Labute approximate surface area is 177 Å². The van der Waals surface area contributed by atoms with Crippen molar-refractivity contribution in [3.05, 3.63) is 47.2 Å². The van der Waals surface area contributed by atoms with E-state index in [1.54, 1.807) is 23.7 Å². The number of carbonyl (C=O) groups excluding carboxylic acids is 1. The molecular formula is C21H19N7OS. The molecule has 0 saturated heterocycles. The van der Waals surface area contributed by atoms with Gasteiger partial charge in [0.2, 0.25) is 0 Å². The van der Waals surface area contributed by atoms with Crippen LogP contribution < -0.4 is 5.32 Å². The lowest BCUT2D eigenvalue weighted by molar-refractivity contribution is 0.0987. The number of Topliss-reactive ketones (excluding diaryl/α,β-unsaturated/α-hetero) is 1. The van der Waals surface area contributed by atoms with E-state index in [0.29, 0.717) is 22.0 Å². The molecule has 4 rings (SSSR count). The van der Waals surface area contributed by atoms with Gasteiger partial charge in [-0.2, -0.15) is 10.4 Å². The maximum Gasteiger partial charge on any atom is 0.193 e. The summed E-state index contributed by atoms with van der Waals surface area (Å²) in [7, 11) is 0. The summed E-state index contributed by atoms with van der Waals surface area (Å²) in [5, 5.41) is 26.2. The number of carbonyl (C=O) groups is 1. The fourth-order valence-corrected chi connectivity index (χ4v) is 3.92. The lowest BCUT2D eigenvalue weighted by Crippen LogP contribution is -2.11. The van der Waals surface area contributed by atoms with Crippen LogP contribution in [0.25, 0.3) is 27.5 Å². The predicted molar refractivity (Wildman–Crippen MR) is 115 cm³/mol. The molecular weight excluding hydrogens is 398 g/mol. The molecule has 0 aromatic carbocycles. The standard InChI is InChI=1S/C21H19N7OS/c1-4-19(29)21-27-26-20(30-21)15-11-23-17(8-16(15)25-12(2)3)18-6-5-14-7-13(9-22)10-24-28(14)18/h5-8,10-12H,4H2,1-3H3,(H,23,25). The van der Waals surface area contributed by atoms with Crippen LogP contribution in [0.2, 0.25) is 0 Å². The molecule has 1 N–H and O–H groups in total. The largest absolute Gasteiger partial charge is 0.382 e. The monoisotopic (exact) mass is 417 g/mol. The molecule has 0 saturated carbocycles. The van der Waals surface area contributed by atoms with Gasteiger partial charge in [0.25, 0.3) is 0 Å². The van der Waals surface area contributed by atoms with Crippen molar-refractivity contribution in [2.45, 2.75) is 33.2 Å². The quantitative estimate of drug-likeness (QED) is 0.468. The highest BCUT2D eigenvalue weighted by Gasteiger charge is 2.18. The fraction of sp³-hybridized carbons (Fsp3) is 0.238. The summed E-state index contributed by atoms with van der Waals surface area (Å²) in [5.74, 6) is -0.0239. The number of anilines is 1. The normalized spacial score (nSPS) is 11.0. The van der Waals surface area contributed by atoms with Gasteiger partial charge in [-0.15, -0.1) is 10.2 Å². The zero-order valence-electron chi connectivity index (χ0n) is 16.7. The molecule has 9 heteroatoms. The third-order valence-corrected chi connectivity index (χ3v) is 5.45. The second-order valence-electron chi connectivity index (χ2n) is 7.01. The van der Waals surface area contributed by atoms with Gasteiger partial charge in [0.05, 0.1) is 34.2 Å². The van der Waals surface area contributed by atoms with E-state index in [9.17, 15) is 4.79 Å². The predicted octanol–water partition coefficient (Wildman–Crippen LogP) is 4.20. The van der Waals surface area contributed by atoms with Gasteiger partial charge >= 0.3 is 0 Å². The number of rotatable bonds is 6. The van der Waals surface area contributed by atoms with Crippen molar-refractivity contribution in [2.75, 3.05) is 5.32 Å². The molecule has 0 spiro atoms. The van der Waals surface area contributed by atoms with Crippen molar-refractivity contribution in [1.82, 2.24) is 24.8 Å². The third-order valence-electron chi connectivity index (χ3n) is 4.46. The fourth-order valence-electron chi connectivity index (χ4n) is 3.05. The molecule has 0 radical (unpaired) electrons. The number of ketones is 1. The summed E-state index contributed by atoms with van der Waals surface area (Å²) in [6.07, 6.45) is 3.67. The van der Waals surface area contributed by atoms with Gasteiger partial charge in [-0.1, -0.05) is 18.3 Å². The minimum Gasteiger partial charge on any atom is -0.382 e. The number of hydrogen-bond donors (Lipinski definition) is 1. The maximum atomic E-state index is 11.9. The van der Waals surface area contributed by atoms with Gasteiger partial charge in [0.1, 0.15) is 6.07 Å². The summed E-state index contributed by atoms with van der Waals surface area (Å²) in [4.78, 5) is 16.6. The summed E-state index contributed by atoms with van der Waals surface area (Å²) < 4.78 is 1.75. The van der Waals surface area contributed by atoms with Crippen LogP contribution in [-0.2, 0) is 0 Å². The summed E-state index contributed by atoms with van der Waals surface area (Å²) in [5.41, 5.74) is 4.51. The van der Waals surface area contributed by atoms with Crippen LogP contribution in [0.1, 0.15) is 42.6 Å². The lowest BCUT2D eigenvalue weighted by Gasteiger charge is -2.14. The number of fused-ring (bicyclic) bond motifs is 1. The maximum absolute atomic E-state index is 11.9. The van der Waals surface area contributed by atoms with Crippen LogP contribution in [0.15, 0.2) is 36.7 Å². The highest BCUT2D eigenvalue weighted by atomic mass is 32.1. The molecule has 0 aliphatic carbocycles. The van der Waals surface area contributed by atoms with Gasteiger partial charge in [0.15, 0.2) is 15.8 Å². The SMILES string of the molecule is CCC(=O)c1nnc(-c2cnc(-c3ccc4cc(C#N)cnn34)cc2NC(C)C)s1. The Morgan fingerprint density at radius 2 is 2.10 bits per heavy atom. The Bertz CT molecular complexity index is 1280. The number of hydrogen-bond acceptors (Lipinski definition) is 8. The molecule has 4 aromatic heterocycles. The van der Waals surface area contributed by atoms with E-state index in [0.717, 1.165) is 28.2 Å². The lowest BCUT2D eigenvalue weighted by atomic mass is 10.1. The van der Waals surface area contributed by atoms with Crippen LogP contribution in [-0.4, -0.2) is 36.6 Å². The number of aromatic nitrogens is 5. The van der Waals surface area contributed by atoms with Gasteiger partial charge in [-0.25, -0.2) is 4.52 Å². The topological polar surface area (TPSA) is 109 Å². The molecule has 150 valence electrons. The molecule has 30 heavy (non-hydrogen) atoms. The molecule has 0 amide bonds. The van der Waals surface area contributed by atoms with E-state index >= 15 is 0 Å². The number of pyridine rings is 1. The zero-order chi connectivity index (χ0) is 21.3. The Balaban J connectivity index is 1.79. The zero-order valence-corrected chi connectivity index (χ0v) is 17.6. The molecule has 0 atom stereocenters. The molecule has 0 fully saturated rings. The molecule has 0 unspecified atom stereocenters. The third kappa shape index (κ3) is 3.65. The molecule has 8 nitrogen and oxygen atoms in total. The molecule has 0 aliphatic rings. The Kier molecular flexibility index (Phi) is 5.25. The summed E-state index contributed by atoms with van der Waals surface area (Å²) >= 11 is 1.27. The van der Waals surface area contributed by atoms with Crippen molar-refractivity contribution >= 4 is 28.3 Å². The highest BCUT2D eigenvalue weighted by molar-refractivity contribution is 7.16. The molecule has 4 aromatic rings. The smallest absolute Gasteiger partial charge is 0.193 e. The highest BCUT2D eigenvalue weighted by Crippen LogP contribution is 2.33. The van der Waals surface area contributed by atoms with Crippen molar-refractivity contribution in [1.29, 1.82) is 5.26 Å². The van der Waals surface area contributed by atoms with E-state index in [1.807, 2.05) is 32.0 Å². The second kappa shape index (κ2) is 8.00. The Morgan fingerprint density at radius 1 is 1.27 bits per heavy atom. The van der Waals surface area contributed by atoms with E-state index < -0.39 is 0 Å². The minimum absolute atomic E-state index is 0.0239. The first-order valence-electron chi connectivity index (χ1n) is 9.52. The van der Waals surface area contributed by atoms with E-state index in [-0.39, 0.29) is 11.8 Å². The minimum atomic E-state index is -0.0239. The van der Waals surface area contributed by atoms with E-state index in [4.69, 9.17) is 5.26 Å². The first-order valence-corrected chi connectivity index (χ1v) is 10.3. The average Bonchev–Trinajstić information content (AvgIpc) is 3.39. The summed E-state index contributed by atoms with van der Waals surface area (Å²) in [6, 6.07) is 9.84. The van der Waals surface area contributed by atoms with Crippen molar-refractivity contribution < 1.29 is 4.79 Å². The molecule has 4 heterocycles. The van der Waals surface area contributed by atoms with Crippen LogP contribution in [0.4, 0.5) is 5.69 Å². The number of nitriles is 1. The summed E-state index contributed by atoms with van der Waals surface area (Å²) in [6.45, 7) is 5.91. The van der Waals surface area contributed by atoms with Gasteiger partial charge < -0.3 is 5.32 Å². The molecule has 0 aliphatic heterocycles. The van der Waals surface area contributed by atoms with Crippen LogP contribution in [0.5, 0.6) is 0 Å². The van der Waals surface area contributed by atoms with E-state index in [1.165, 1.54) is 17.5 Å². The average molecular weight is 417 g/mol. The Morgan fingerprint density at radius 3 is 2.83 bits per heavy atom. The van der Waals surface area contributed by atoms with Crippen molar-refractivity contribution in [3.63, 3.8) is 0 Å². The first kappa shape index (κ1) is 19.7. The Hall–Kier alpha value is -3.64. The van der Waals surface area contributed by atoms with Gasteiger partial charge in [0, 0.05) is 24.3 Å². The molecule has 0 bridgehead atoms. The first-order chi connectivity index (χ1) is 14.5. The second-order valence-corrected chi connectivity index (χ2v) is 7.99. The van der Waals surface area contributed by atoms with Crippen molar-refractivity contribution in [2.24, 2.45) is 0 Å². The van der Waals surface area contributed by atoms with Gasteiger partial charge in [-0.05, 0) is 38.1 Å².